The first-order valence-corrected chi connectivity index (χ1v) is 25.3. The van der Waals surface area contributed by atoms with E-state index in [0.717, 1.165) is 0 Å². The number of hydrogen-bond donors (Lipinski definition) is 6. The second-order valence-corrected chi connectivity index (χ2v) is 22.2. The quantitative estimate of drug-likeness (QED) is 0.144. The number of carbonyl (C=O) groups excluding carboxylic acids is 2. The first-order chi connectivity index (χ1) is 32.0. The smallest absolute Gasteiger partial charge is 0.311 e. The maximum absolute atomic E-state index is 14.2. The van der Waals surface area contributed by atoms with Crippen LogP contribution in [0.2, 0.25) is 0 Å². The van der Waals surface area contributed by atoms with E-state index < -0.39 is 112 Å². The molecule has 18 nitrogen and oxygen atoms in total. The molecule has 19 heteroatoms. The van der Waals surface area contributed by atoms with Crippen molar-refractivity contribution in [2.45, 2.75) is 189 Å². The Bertz CT molecular complexity index is 2040. The number of rotatable bonds is 10. The van der Waals surface area contributed by atoms with Crippen LogP contribution >= 0.6 is 0 Å². The summed E-state index contributed by atoms with van der Waals surface area (Å²) in [6, 6.07) is 11.9. The minimum atomic E-state index is -3.48. The number of ether oxygens (including phenoxy) is 7. The molecule has 0 spiro atoms. The Hall–Kier alpha value is -3.31. The third-order valence-electron chi connectivity index (χ3n) is 14.6. The van der Waals surface area contributed by atoms with Crippen LogP contribution in [0.15, 0.2) is 58.3 Å². The van der Waals surface area contributed by atoms with Gasteiger partial charge in [-0.3, -0.25) is 9.59 Å². The number of esters is 1. The molecule has 5 rings (SSSR count). The number of aliphatic hydroxyl groups excluding tert-OH is 3. The Morgan fingerprint density at radius 2 is 1.29 bits per heavy atom. The number of ketones is 1. The summed E-state index contributed by atoms with van der Waals surface area (Å²) in [5, 5.41) is 45.6. The average molecular weight is 996 g/mol. The van der Waals surface area contributed by atoms with Crippen LogP contribution in [0.5, 0.6) is 0 Å². The maximum Gasteiger partial charge on any atom is 0.311 e. The number of cyclic esters (lactones) is 1. The molecule has 2 aromatic carbocycles. The summed E-state index contributed by atoms with van der Waals surface area (Å²) in [4.78, 5) is 30.5. The van der Waals surface area contributed by atoms with Crippen LogP contribution < -0.4 is 11.5 Å². The number of anilines is 2. The monoisotopic (exact) mass is 996 g/mol. The summed E-state index contributed by atoms with van der Waals surface area (Å²) in [7, 11) is 3.28. The number of hydrogen-bond acceptors (Lipinski definition) is 18. The highest BCUT2D eigenvalue weighted by Crippen LogP contribution is 2.42. The second kappa shape index (κ2) is 23.5. The van der Waals surface area contributed by atoms with E-state index in [0.29, 0.717) is 17.8 Å². The van der Waals surface area contributed by atoms with Gasteiger partial charge in [-0.05, 0) is 123 Å². The average Bonchev–Trinajstić information content (AvgIpc) is 3.30. The van der Waals surface area contributed by atoms with E-state index in [2.05, 4.69) is 0 Å². The van der Waals surface area contributed by atoms with Gasteiger partial charge in [0.2, 0.25) is 9.84 Å². The molecule has 69 heavy (non-hydrogen) atoms. The molecule has 0 aromatic heterocycles. The summed E-state index contributed by atoms with van der Waals surface area (Å²) in [6.45, 7) is 17.1. The van der Waals surface area contributed by atoms with Crippen LogP contribution in [0.1, 0.15) is 94.9 Å². The van der Waals surface area contributed by atoms with Crippen molar-refractivity contribution < 1.29 is 71.6 Å². The van der Waals surface area contributed by atoms with Crippen molar-refractivity contribution in [3.05, 3.63) is 48.5 Å². The molecule has 3 saturated heterocycles. The van der Waals surface area contributed by atoms with Crippen LogP contribution in [0.3, 0.4) is 0 Å². The fraction of sp³-hybridized carbons (Fsp3) is 0.720. The van der Waals surface area contributed by atoms with Crippen LogP contribution in [-0.4, -0.2) is 158 Å². The molecular weight excluding hydrogens is 915 g/mol. The first-order valence-electron chi connectivity index (χ1n) is 23.8. The van der Waals surface area contributed by atoms with E-state index in [1.807, 2.05) is 32.8 Å². The molecule has 2 aromatic rings. The Kier molecular flexibility index (Phi) is 19.8. The van der Waals surface area contributed by atoms with Gasteiger partial charge >= 0.3 is 5.97 Å². The highest BCUT2D eigenvalue weighted by Gasteiger charge is 2.54. The number of Topliss-reactive ketones (excluding diaryl/α,β-unsaturated/α-hetero) is 1. The molecule has 0 amide bonds. The van der Waals surface area contributed by atoms with Gasteiger partial charge in [-0.15, -0.1) is 0 Å². The standard InChI is InChI=1S/C38H69NO13.C12H12N2O2S/c1-15-26-38(10,45)31(42)21(4)28(40)19(2)17-37(9,47-14)33(52-35-29(41)25(39(11)12)16-20(3)48-35)22(5)30(23(6)34(44)50-26)51-27-18-36(8,46-13)32(43)24(7)49-27;13-9-1-5-11(6-2-9)17(15,16)12-7-3-10(14)4-8-12/h19-27,29-33,35,41-43,45H,15-18H2,1-14H3;1-8H,13-14H2/t19-,20-,21+,22+,23-,24+,25+,26-,27+,29-,30+,31-,32+,33-,35+,36-,37-,38-;/m1./s1. The molecule has 3 heterocycles. The summed E-state index contributed by atoms with van der Waals surface area (Å²) in [5.74, 6) is -4.47. The Morgan fingerprint density at radius 1 is 0.768 bits per heavy atom. The van der Waals surface area contributed by atoms with Crippen molar-refractivity contribution in [2.24, 2.45) is 23.7 Å². The minimum Gasteiger partial charge on any atom is -0.459 e. The van der Waals surface area contributed by atoms with Crippen molar-refractivity contribution >= 4 is 33.0 Å². The zero-order valence-electron chi connectivity index (χ0n) is 42.9. The van der Waals surface area contributed by atoms with Crippen molar-refractivity contribution in [2.75, 3.05) is 39.8 Å². The highest BCUT2D eigenvalue weighted by atomic mass is 32.2. The number of likely N-dealkylation sites (N-methyl/N-ethyl adjacent to an activating group) is 1. The van der Waals surface area contributed by atoms with E-state index in [-0.39, 0.29) is 47.0 Å². The van der Waals surface area contributed by atoms with E-state index >= 15 is 0 Å². The molecule has 0 bridgehead atoms. The van der Waals surface area contributed by atoms with Gasteiger partial charge in [0, 0.05) is 55.8 Å². The van der Waals surface area contributed by atoms with Crippen molar-refractivity contribution in [1.29, 1.82) is 0 Å². The lowest BCUT2D eigenvalue weighted by Crippen LogP contribution is -2.61. The van der Waals surface area contributed by atoms with E-state index in [1.54, 1.807) is 72.7 Å². The lowest BCUT2D eigenvalue weighted by Gasteiger charge is -2.50. The van der Waals surface area contributed by atoms with Gasteiger partial charge in [0.05, 0.1) is 57.4 Å². The predicted molar refractivity (Wildman–Crippen MR) is 258 cm³/mol. The van der Waals surface area contributed by atoms with Crippen LogP contribution in [0, 0.1) is 23.7 Å². The second-order valence-electron chi connectivity index (χ2n) is 20.3. The molecule has 0 saturated carbocycles. The minimum absolute atomic E-state index is 0.111. The van der Waals surface area contributed by atoms with E-state index in [4.69, 9.17) is 44.6 Å². The number of aliphatic hydroxyl groups is 4. The number of carbonyl (C=O) groups is 2. The fourth-order valence-corrected chi connectivity index (χ4v) is 11.3. The summed E-state index contributed by atoms with van der Waals surface area (Å²) >= 11 is 0. The highest BCUT2D eigenvalue weighted by molar-refractivity contribution is 7.91. The number of nitrogen functional groups attached to an aromatic ring is 2. The molecule has 18 atom stereocenters. The molecule has 392 valence electrons. The van der Waals surface area contributed by atoms with Gasteiger partial charge in [-0.2, -0.15) is 0 Å². The SMILES string of the molecule is CC[C@H]1OC(=O)[C@H](C)[C@@H](O[C@H]2C[C@@](C)(OC)[C@@H](O)[C@H](C)O2)[C@H](C)[C@@H](O[C@@H]2O[C@H](C)C[C@H](N(C)C)[C@H]2O)[C@](C)(OC)C[C@@H](C)C(=O)[C@H](C)[C@@H](O)[C@]1(C)O.Nc1ccc(S(=O)(=O)c2ccc(N)cc2)cc1. The number of sulfone groups is 1. The van der Waals surface area contributed by atoms with Crippen LogP contribution in [-0.2, 0) is 52.6 Å². The van der Waals surface area contributed by atoms with Crippen molar-refractivity contribution in [3.8, 4) is 0 Å². The van der Waals surface area contributed by atoms with Crippen LogP contribution in [0.25, 0.3) is 0 Å². The van der Waals surface area contributed by atoms with Gasteiger partial charge in [-0.1, -0.05) is 27.7 Å². The molecule has 8 N–H and O–H groups in total. The van der Waals surface area contributed by atoms with Crippen molar-refractivity contribution in [1.82, 2.24) is 4.90 Å². The van der Waals surface area contributed by atoms with Crippen LogP contribution in [0.4, 0.5) is 11.4 Å². The zero-order chi connectivity index (χ0) is 52.1. The third kappa shape index (κ3) is 13.2. The van der Waals surface area contributed by atoms with Gasteiger partial charge in [0.1, 0.15) is 29.7 Å². The number of benzene rings is 2. The lowest BCUT2D eigenvalue weighted by molar-refractivity contribution is -0.319. The topological polar surface area (TPSA) is 269 Å². The Balaban J connectivity index is 0.000000507. The summed E-state index contributed by atoms with van der Waals surface area (Å²) < 4.78 is 68.2. The maximum atomic E-state index is 14.2. The molecule has 3 fully saturated rings. The molecule has 0 radical (unpaired) electrons. The number of nitrogens with zero attached hydrogens (tertiary/aromatic N) is 1. The van der Waals surface area contributed by atoms with Gasteiger partial charge in [0.15, 0.2) is 12.6 Å². The van der Waals surface area contributed by atoms with Crippen molar-refractivity contribution in [3.63, 3.8) is 0 Å². The molecule has 0 unspecified atom stereocenters. The third-order valence-corrected chi connectivity index (χ3v) is 16.4. The Morgan fingerprint density at radius 3 is 1.77 bits per heavy atom. The normalized spacial score (nSPS) is 39.7. The fourth-order valence-electron chi connectivity index (χ4n) is 10.0. The molecule has 0 aliphatic carbocycles. The molecular formula is C50H81N3O15S. The predicted octanol–water partition coefficient (Wildman–Crippen LogP) is 4.12. The lowest BCUT2D eigenvalue weighted by atomic mass is 9.74. The van der Waals surface area contributed by atoms with Gasteiger partial charge < -0.3 is 70.0 Å². The summed E-state index contributed by atoms with van der Waals surface area (Å²) in [5.41, 5.74) is 7.85. The number of nitrogens with two attached hydrogens (primary N) is 2. The molecule has 3 aliphatic heterocycles. The molecule has 3 aliphatic rings. The first kappa shape index (κ1) is 58.3. The largest absolute Gasteiger partial charge is 0.459 e. The summed E-state index contributed by atoms with van der Waals surface area (Å²) in [6.07, 6.45) is -8.73. The zero-order valence-corrected chi connectivity index (χ0v) is 43.7. The van der Waals surface area contributed by atoms with E-state index in [9.17, 15) is 38.4 Å². The Labute approximate surface area is 409 Å². The van der Waals surface area contributed by atoms with E-state index in [1.165, 1.54) is 45.4 Å². The van der Waals surface area contributed by atoms with Gasteiger partial charge in [-0.25, -0.2) is 8.42 Å². The number of methoxy groups -OCH3 is 2. The van der Waals surface area contributed by atoms with Gasteiger partial charge in [0.25, 0.3) is 0 Å².